The molecular formula is C16H19ClN4O3S. The number of hydrogen-bond donors (Lipinski definition) is 2. The summed E-state index contributed by atoms with van der Waals surface area (Å²) in [6, 6.07) is 7.43. The summed E-state index contributed by atoms with van der Waals surface area (Å²) >= 11 is 0. The predicted molar refractivity (Wildman–Crippen MR) is 100.0 cm³/mol. The maximum atomic E-state index is 12.4. The highest BCUT2D eigenvalue weighted by Gasteiger charge is 2.29. The standard InChI is InChI=1S/C16H18N4O3S.ClH/c17-13-5-3-12(4-6-13)7-8-18-16(21)14-2-1-9-20-10-11-24(22,23)19-15(14)20;/h1-6,9H,7-8,10-11,17H2,(H,18,21);1H. The molecule has 1 aromatic rings. The van der Waals surface area contributed by atoms with Gasteiger partial charge in [-0.3, -0.25) is 4.79 Å². The smallest absolute Gasteiger partial charge is 0.256 e. The number of nitrogens with one attached hydrogen (secondary N) is 1. The van der Waals surface area contributed by atoms with E-state index < -0.39 is 10.0 Å². The van der Waals surface area contributed by atoms with Gasteiger partial charge in [0, 0.05) is 25.0 Å². The third-order valence-corrected chi connectivity index (χ3v) is 4.93. The van der Waals surface area contributed by atoms with E-state index in [1.807, 2.05) is 24.3 Å². The summed E-state index contributed by atoms with van der Waals surface area (Å²) in [5, 5.41) is 2.80. The van der Waals surface area contributed by atoms with Crippen LogP contribution in [0, 0.1) is 0 Å². The van der Waals surface area contributed by atoms with Crippen molar-refractivity contribution in [2.24, 2.45) is 4.40 Å². The van der Waals surface area contributed by atoms with Crippen molar-refractivity contribution in [3.63, 3.8) is 0 Å². The lowest BCUT2D eigenvalue weighted by Gasteiger charge is -2.28. The number of rotatable bonds is 4. The van der Waals surface area contributed by atoms with E-state index in [1.165, 1.54) is 0 Å². The Kier molecular flexibility index (Phi) is 5.86. The Hall–Kier alpha value is -2.32. The summed E-state index contributed by atoms with van der Waals surface area (Å²) in [6.07, 6.45) is 5.67. The first kappa shape index (κ1) is 19.0. The van der Waals surface area contributed by atoms with Crippen molar-refractivity contribution >= 4 is 39.9 Å². The Morgan fingerprint density at radius 2 is 2.00 bits per heavy atom. The first-order valence-corrected chi connectivity index (χ1v) is 9.16. The maximum absolute atomic E-state index is 12.4. The topological polar surface area (TPSA) is 105 Å². The molecule has 1 aromatic carbocycles. The van der Waals surface area contributed by atoms with Gasteiger partial charge in [0.25, 0.3) is 15.9 Å². The zero-order chi connectivity index (χ0) is 17.2. The molecule has 0 radical (unpaired) electrons. The lowest BCUT2D eigenvalue weighted by molar-refractivity contribution is -0.117. The van der Waals surface area contributed by atoms with Crippen LogP contribution >= 0.6 is 12.4 Å². The lowest BCUT2D eigenvalue weighted by Crippen LogP contribution is -2.42. The molecule has 2 aliphatic rings. The van der Waals surface area contributed by atoms with Crippen molar-refractivity contribution in [2.75, 3.05) is 24.6 Å². The lowest BCUT2D eigenvalue weighted by atomic mass is 10.1. The maximum Gasteiger partial charge on any atom is 0.256 e. The molecule has 3 rings (SSSR count). The average molecular weight is 383 g/mol. The van der Waals surface area contributed by atoms with E-state index >= 15 is 0 Å². The van der Waals surface area contributed by atoms with Gasteiger partial charge in [0.15, 0.2) is 5.84 Å². The average Bonchev–Trinajstić information content (AvgIpc) is 2.55. The van der Waals surface area contributed by atoms with Crippen molar-refractivity contribution < 1.29 is 13.2 Å². The van der Waals surface area contributed by atoms with Crippen LogP contribution in [0.5, 0.6) is 0 Å². The second-order valence-electron chi connectivity index (χ2n) is 5.56. The van der Waals surface area contributed by atoms with Gasteiger partial charge in [-0.05, 0) is 36.3 Å². The van der Waals surface area contributed by atoms with Gasteiger partial charge >= 0.3 is 0 Å². The van der Waals surface area contributed by atoms with Crippen LogP contribution in [0.2, 0.25) is 0 Å². The van der Waals surface area contributed by atoms with Crippen LogP contribution in [0.15, 0.2) is 52.6 Å². The number of carbonyl (C=O) groups is 1. The van der Waals surface area contributed by atoms with Gasteiger partial charge in [-0.25, -0.2) is 8.42 Å². The van der Waals surface area contributed by atoms with Crippen molar-refractivity contribution in [2.45, 2.75) is 6.42 Å². The molecule has 0 atom stereocenters. The zero-order valence-corrected chi connectivity index (χ0v) is 15.0. The molecule has 3 N–H and O–H groups in total. The van der Waals surface area contributed by atoms with Crippen molar-refractivity contribution in [3.05, 3.63) is 53.8 Å². The van der Waals surface area contributed by atoms with Gasteiger partial charge in [0.1, 0.15) is 0 Å². The number of carbonyl (C=O) groups excluding carboxylic acids is 1. The molecule has 0 bridgehead atoms. The normalized spacial score (nSPS) is 17.7. The molecule has 2 heterocycles. The van der Waals surface area contributed by atoms with E-state index in [9.17, 15) is 13.2 Å². The molecule has 9 heteroatoms. The molecule has 25 heavy (non-hydrogen) atoms. The molecule has 0 aromatic heterocycles. The number of anilines is 1. The summed E-state index contributed by atoms with van der Waals surface area (Å²) < 4.78 is 27.1. The molecule has 2 aliphatic heterocycles. The highest BCUT2D eigenvalue weighted by atomic mass is 35.5. The highest BCUT2D eigenvalue weighted by molar-refractivity contribution is 7.90. The van der Waals surface area contributed by atoms with Crippen molar-refractivity contribution in [3.8, 4) is 0 Å². The first-order chi connectivity index (χ1) is 11.4. The first-order valence-electron chi connectivity index (χ1n) is 7.55. The number of allylic oxidation sites excluding steroid dienone is 2. The minimum atomic E-state index is -3.51. The molecule has 7 nitrogen and oxygen atoms in total. The van der Waals surface area contributed by atoms with Crippen molar-refractivity contribution in [1.82, 2.24) is 10.2 Å². The fourth-order valence-corrected chi connectivity index (χ4v) is 3.48. The number of halogens is 1. The molecule has 1 amide bonds. The molecule has 0 aliphatic carbocycles. The molecular weight excluding hydrogens is 364 g/mol. The van der Waals surface area contributed by atoms with Crippen LogP contribution in [0.1, 0.15) is 5.56 Å². The number of nitrogens with two attached hydrogens (primary N) is 1. The van der Waals surface area contributed by atoms with Crippen molar-refractivity contribution in [1.29, 1.82) is 0 Å². The molecule has 0 saturated heterocycles. The summed E-state index contributed by atoms with van der Waals surface area (Å²) in [5.41, 5.74) is 7.65. The van der Waals surface area contributed by atoms with Gasteiger partial charge in [-0.2, -0.15) is 0 Å². The van der Waals surface area contributed by atoms with Gasteiger partial charge in [0.05, 0.1) is 11.3 Å². The number of amides is 1. The summed E-state index contributed by atoms with van der Waals surface area (Å²) in [4.78, 5) is 14.0. The van der Waals surface area contributed by atoms with Crippen LogP contribution in [-0.4, -0.2) is 43.9 Å². The number of sulfonamides is 1. The SMILES string of the molecule is Cl.Nc1ccc(CCNC(=O)C2=CC=CN3CCS(=O)(=O)N=C23)cc1. The van der Waals surface area contributed by atoms with Gasteiger partial charge < -0.3 is 16.0 Å². The number of fused-ring (bicyclic) bond motifs is 1. The van der Waals surface area contributed by atoms with Gasteiger partial charge in [-0.15, -0.1) is 16.8 Å². The Labute approximate surface area is 152 Å². The minimum absolute atomic E-state index is 0. The molecule has 0 fully saturated rings. The fourth-order valence-electron chi connectivity index (χ4n) is 2.49. The van der Waals surface area contributed by atoms with E-state index in [0.29, 0.717) is 25.2 Å². The highest BCUT2D eigenvalue weighted by Crippen LogP contribution is 2.17. The van der Waals surface area contributed by atoms with Gasteiger partial charge in [-0.1, -0.05) is 12.1 Å². The van der Waals surface area contributed by atoms with Crippen LogP contribution in [0.25, 0.3) is 0 Å². The Bertz CT molecular complexity index is 845. The third-order valence-electron chi connectivity index (χ3n) is 3.78. The largest absolute Gasteiger partial charge is 0.399 e. The second-order valence-corrected chi connectivity index (χ2v) is 7.32. The number of amidine groups is 1. The van der Waals surface area contributed by atoms with E-state index in [0.717, 1.165) is 5.56 Å². The fraction of sp³-hybridized carbons (Fsp3) is 0.250. The summed E-state index contributed by atoms with van der Waals surface area (Å²) in [7, 11) is -3.51. The summed E-state index contributed by atoms with van der Waals surface area (Å²) in [5.74, 6) is -0.197. The van der Waals surface area contributed by atoms with Crippen LogP contribution in [0.3, 0.4) is 0 Å². The van der Waals surface area contributed by atoms with Gasteiger partial charge in [0.2, 0.25) is 0 Å². The number of hydrogen-bond acceptors (Lipinski definition) is 5. The zero-order valence-electron chi connectivity index (χ0n) is 13.4. The van der Waals surface area contributed by atoms with Crippen LogP contribution in [0.4, 0.5) is 5.69 Å². The monoisotopic (exact) mass is 382 g/mol. The molecule has 134 valence electrons. The van der Waals surface area contributed by atoms with Crippen LogP contribution < -0.4 is 11.1 Å². The second kappa shape index (κ2) is 7.71. The van der Waals surface area contributed by atoms with E-state index in [2.05, 4.69) is 9.71 Å². The molecule has 0 unspecified atom stereocenters. The number of nitrogen functional groups attached to an aromatic ring is 1. The number of nitrogens with zero attached hydrogens (tertiary/aromatic N) is 2. The third kappa shape index (κ3) is 4.61. The molecule has 0 saturated carbocycles. The Morgan fingerprint density at radius 1 is 1.28 bits per heavy atom. The predicted octanol–water partition coefficient (Wildman–Crippen LogP) is 0.847. The number of benzene rings is 1. The quantitative estimate of drug-likeness (QED) is 0.751. The van der Waals surface area contributed by atoms with E-state index in [1.54, 1.807) is 23.3 Å². The summed E-state index contributed by atoms with van der Waals surface area (Å²) in [6.45, 7) is 0.734. The van der Waals surface area contributed by atoms with E-state index in [4.69, 9.17) is 5.73 Å². The van der Waals surface area contributed by atoms with E-state index in [-0.39, 0.29) is 35.5 Å². The Morgan fingerprint density at radius 3 is 2.72 bits per heavy atom. The molecule has 0 spiro atoms. The van der Waals surface area contributed by atoms with Crippen LogP contribution in [-0.2, 0) is 21.2 Å². The minimum Gasteiger partial charge on any atom is -0.399 e. The Balaban J connectivity index is 0.00000225.